The van der Waals surface area contributed by atoms with Gasteiger partial charge >= 0.3 is 5.56 Å². The molecule has 1 aliphatic rings. The van der Waals surface area contributed by atoms with Crippen molar-refractivity contribution in [2.45, 2.75) is 26.8 Å². The summed E-state index contributed by atoms with van der Waals surface area (Å²) in [7, 11) is 0. The lowest BCUT2D eigenvalue weighted by Gasteiger charge is -2.22. The minimum atomic E-state index is -0.278. The zero-order valence-electron chi connectivity index (χ0n) is 21.2. The lowest BCUT2D eigenvalue weighted by molar-refractivity contribution is 0.312. The number of hydrogen-bond donors (Lipinski definition) is 0. The number of halogens is 1. The fourth-order valence-corrected chi connectivity index (χ4v) is 4.60. The van der Waals surface area contributed by atoms with Crippen molar-refractivity contribution in [3.63, 3.8) is 0 Å². The van der Waals surface area contributed by atoms with Crippen molar-refractivity contribution in [3.8, 4) is 11.4 Å². The van der Waals surface area contributed by atoms with E-state index in [1.165, 1.54) is 16.3 Å². The summed E-state index contributed by atoms with van der Waals surface area (Å²) in [6.45, 7) is 7.12. The zero-order valence-corrected chi connectivity index (χ0v) is 21.2. The van der Waals surface area contributed by atoms with Crippen molar-refractivity contribution in [1.82, 2.24) is 14.7 Å². The maximum Gasteiger partial charge on any atom is 0.316 e. The maximum absolute atomic E-state index is 13.7. The summed E-state index contributed by atoms with van der Waals surface area (Å²) in [6.07, 6.45) is 2.42. The zero-order chi connectivity index (χ0) is 25.8. The topological polar surface area (TPSA) is 50.6 Å². The number of nitrogens with zero attached hydrogens (tertiary/aromatic N) is 4. The Kier molecular flexibility index (Phi) is 7.32. The van der Waals surface area contributed by atoms with Crippen LogP contribution in [0.1, 0.15) is 22.3 Å². The number of ether oxygens (including phenoxy) is 1. The van der Waals surface area contributed by atoms with Crippen molar-refractivity contribution in [3.05, 3.63) is 117 Å². The number of hydrogen-bond acceptors (Lipinski definition) is 5. The van der Waals surface area contributed by atoms with Gasteiger partial charge in [0, 0.05) is 26.1 Å². The Hall–Kier alpha value is -3.97. The van der Waals surface area contributed by atoms with Crippen LogP contribution in [-0.4, -0.2) is 41.0 Å². The number of rotatable bonds is 8. The molecule has 1 aromatic heterocycles. The predicted molar refractivity (Wildman–Crippen MR) is 144 cm³/mol. The van der Waals surface area contributed by atoms with Crippen LogP contribution in [0.2, 0.25) is 0 Å². The molecule has 1 fully saturated rings. The fourth-order valence-electron chi connectivity index (χ4n) is 4.60. The molecule has 190 valence electrons. The molecule has 2 heterocycles. The molecule has 0 unspecified atom stereocenters. The van der Waals surface area contributed by atoms with Crippen molar-refractivity contribution in [1.29, 1.82) is 0 Å². The van der Waals surface area contributed by atoms with E-state index in [2.05, 4.69) is 46.1 Å². The number of para-hydroxylation sites is 1. The van der Waals surface area contributed by atoms with Gasteiger partial charge in [-0.25, -0.2) is 4.39 Å². The van der Waals surface area contributed by atoms with E-state index in [1.807, 2.05) is 42.5 Å². The average Bonchev–Trinajstić information content (AvgIpc) is 3.37. The van der Waals surface area contributed by atoms with Gasteiger partial charge in [0.05, 0.1) is 25.2 Å². The highest BCUT2D eigenvalue weighted by atomic mass is 19.1. The molecule has 0 atom stereocenters. The molecule has 0 N–H and O–H groups in total. The van der Waals surface area contributed by atoms with E-state index in [0.717, 1.165) is 24.2 Å². The first-order valence-electron chi connectivity index (χ1n) is 12.6. The van der Waals surface area contributed by atoms with Gasteiger partial charge in [-0.15, -0.1) is 0 Å². The summed E-state index contributed by atoms with van der Waals surface area (Å²) in [5.74, 6) is 0.120. The van der Waals surface area contributed by atoms with Crippen LogP contribution in [0, 0.1) is 19.7 Å². The summed E-state index contributed by atoms with van der Waals surface area (Å²) in [5, 5.41) is 4.48. The quantitative estimate of drug-likeness (QED) is 0.346. The summed E-state index contributed by atoms with van der Waals surface area (Å²) in [5.41, 5.74) is 5.18. The van der Waals surface area contributed by atoms with Crippen LogP contribution in [0.25, 0.3) is 5.69 Å². The van der Waals surface area contributed by atoms with Crippen LogP contribution in [-0.2, 0) is 13.0 Å². The highest BCUT2D eigenvalue weighted by Crippen LogP contribution is 2.27. The normalized spacial score (nSPS) is 13.8. The van der Waals surface area contributed by atoms with Crippen LogP contribution in [0.5, 0.6) is 5.75 Å². The number of anilines is 1. The van der Waals surface area contributed by atoms with Gasteiger partial charge in [0.2, 0.25) is 5.75 Å². The highest BCUT2D eigenvalue weighted by molar-refractivity contribution is 5.57. The number of aromatic nitrogens is 2. The van der Waals surface area contributed by atoms with Crippen LogP contribution in [0.15, 0.2) is 83.8 Å². The van der Waals surface area contributed by atoms with Crippen LogP contribution in [0.3, 0.4) is 0 Å². The van der Waals surface area contributed by atoms with Gasteiger partial charge in [-0.05, 0) is 48.7 Å². The molecular weight excluding hydrogens is 467 g/mol. The van der Waals surface area contributed by atoms with Gasteiger partial charge < -0.3 is 9.64 Å². The van der Waals surface area contributed by atoms with Crippen molar-refractivity contribution in [2.24, 2.45) is 0 Å². The molecule has 0 radical (unpaired) electrons. The van der Waals surface area contributed by atoms with E-state index >= 15 is 0 Å². The average molecular weight is 499 g/mol. The molecule has 0 aliphatic carbocycles. The molecule has 0 spiro atoms. The molecule has 4 aromatic rings. The molecule has 7 heteroatoms. The molecule has 0 amide bonds. The minimum absolute atomic E-state index is 0.190. The Labute approximate surface area is 216 Å². The molecule has 3 aromatic carbocycles. The minimum Gasteiger partial charge on any atom is -0.486 e. The lowest BCUT2D eigenvalue weighted by atomic mass is 10.1. The Morgan fingerprint density at radius 1 is 0.946 bits per heavy atom. The second-order valence-corrected chi connectivity index (χ2v) is 9.54. The van der Waals surface area contributed by atoms with E-state index in [0.29, 0.717) is 48.9 Å². The fraction of sp³-hybridized carbons (Fsp3) is 0.267. The third-order valence-electron chi connectivity index (χ3n) is 6.70. The lowest BCUT2D eigenvalue weighted by Crippen LogP contribution is -2.30. The second kappa shape index (κ2) is 11.0. The third-order valence-corrected chi connectivity index (χ3v) is 6.70. The molecule has 0 bridgehead atoms. The van der Waals surface area contributed by atoms with E-state index in [1.54, 1.807) is 13.1 Å². The standard InChI is InChI=1S/C30H31FN4O2/c1-22-8-10-24(11-9-22)14-17-37-29-28(19-32-35(30(29)36)26-6-4-3-5-7-26)34-16-15-33(21-34)20-25-12-13-27(31)23(2)18-25/h3-13,18-19H,14-17,20-21H2,1-2H3. The monoisotopic (exact) mass is 498 g/mol. The van der Waals surface area contributed by atoms with E-state index in [-0.39, 0.29) is 11.4 Å². The molecule has 0 saturated carbocycles. The molecule has 5 rings (SSSR count). The van der Waals surface area contributed by atoms with Gasteiger partial charge in [-0.2, -0.15) is 9.78 Å². The van der Waals surface area contributed by atoms with Crippen LogP contribution in [0.4, 0.5) is 10.1 Å². The molecule has 1 aliphatic heterocycles. The summed E-state index contributed by atoms with van der Waals surface area (Å²) in [6, 6.07) is 22.9. The largest absolute Gasteiger partial charge is 0.486 e. The number of aryl methyl sites for hydroxylation is 2. The van der Waals surface area contributed by atoms with E-state index < -0.39 is 0 Å². The van der Waals surface area contributed by atoms with E-state index in [9.17, 15) is 9.18 Å². The maximum atomic E-state index is 13.7. The van der Waals surface area contributed by atoms with Crippen LogP contribution < -0.4 is 15.2 Å². The molecule has 6 nitrogen and oxygen atoms in total. The van der Waals surface area contributed by atoms with Crippen molar-refractivity contribution in [2.75, 3.05) is 31.3 Å². The van der Waals surface area contributed by atoms with Gasteiger partial charge in [0.25, 0.3) is 0 Å². The van der Waals surface area contributed by atoms with Gasteiger partial charge in [0.15, 0.2) is 0 Å². The Bertz CT molecular complexity index is 1420. The molecular formula is C30H31FN4O2. The predicted octanol–water partition coefficient (Wildman–Crippen LogP) is 4.89. The Balaban J connectivity index is 1.37. The van der Waals surface area contributed by atoms with Gasteiger partial charge in [-0.3, -0.25) is 9.69 Å². The highest BCUT2D eigenvalue weighted by Gasteiger charge is 2.26. The summed E-state index contributed by atoms with van der Waals surface area (Å²) >= 11 is 0. The number of benzene rings is 3. The van der Waals surface area contributed by atoms with Crippen molar-refractivity contribution < 1.29 is 9.13 Å². The smallest absolute Gasteiger partial charge is 0.316 e. The first-order valence-corrected chi connectivity index (χ1v) is 12.6. The molecule has 37 heavy (non-hydrogen) atoms. The van der Waals surface area contributed by atoms with E-state index in [4.69, 9.17) is 4.74 Å². The Morgan fingerprint density at radius 3 is 2.46 bits per heavy atom. The second-order valence-electron chi connectivity index (χ2n) is 9.54. The first kappa shape index (κ1) is 24.7. The molecule has 1 saturated heterocycles. The van der Waals surface area contributed by atoms with Crippen LogP contribution >= 0.6 is 0 Å². The first-order chi connectivity index (χ1) is 18.0. The van der Waals surface area contributed by atoms with Gasteiger partial charge in [-0.1, -0.05) is 60.2 Å². The van der Waals surface area contributed by atoms with Gasteiger partial charge in [0.1, 0.15) is 11.5 Å². The summed E-state index contributed by atoms with van der Waals surface area (Å²) < 4.78 is 21.3. The third kappa shape index (κ3) is 5.73. The summed E-state index contributed by atoms with van der Waals surface area (Å²) in [4.78, 5) is 18.0. The Morgan fingerprint density at radius 2 is 1.70 bits per heavy atom. The van der Waals surface area contributed by atoms with Crippen molar-refractivity contribution >= 4 is 5.69 Å². The SMILES string of the molecule is Cc1ccc(CCOc2c(N3CCN(Cc4ccc(F)c(C)c4)C3)cnn(-c3ccccc3)c2=O)cc1.